The van der Waals surface area contributed by atoms with Gasteiger partial charge in [-0.3, -0.25) is 0 Å². The molecule has 3 aromatic rings. The number of nitrogens with zero attached hydrogens (tertiary/aromatic N) is 4. The molecule has 1 aromatic heterocycles. The van der Waals surface area contributed by atoms with Crippen LogP contribution in [0.25, 0.3) is 5.69 Å². The zero-order valence-corrected chi connectivity index (χ0v) is 13.4. The first-order chi connectivity index (χ1) is 11.2. The van der Waals surface area contributed by atoms with Gasteiger partial charge in [0.2, 0.25) is 5.95 Å². The van der Waals surface area contributed by atoms with E-state index in [1.807, 2.05) is 42.5 Å². The Morgan fingerprint density at radius 1 is 1.13 bits per heavy atom. The number of para-hydroxylation sites is 1. The Morgan fingerprint density at radius 2 is 1.91 bits per heavy atom. The number of hydrogen-bond acceptors (Lipinski definition) is 5. The Labute approximate surface area is 135 Å². The van der Waals surface area contributed by atoms with Crippen LogP contribution in [0.5, 0.6) is 5.75 Å². The van der Waals surface area contributed by atoms with E-state index in [1.165, 1.54) is 5.56 Å². The van der Waals surface area contributed by atoms with Gasteiger partial charge in [-0.25, -0.2) is 0 Å². The summed E-state index contributed by atoms with van der Waals surface area (Å²) < 4.78 is 7.14. The highest BCUT2D eigenvalue weighted by atomic mass is 16.5. The van der Waals surface area contributed by atoms with Crippen molar-refractivity contribution in [2.24, 2.45) is 0 Å². The molecule has 0 bridgehead atoms. The Kier molecular flexibility index (Phi) is 4.23. The highest BCUT2D eigenvalue weighted by Crippen LogP contribution is 2.28. The minimum Gasteiger partial charge on any atom is -0.496 e. The number of aromatic nitrogens is 4. The molecule has 1 N–H and O–H groups in total. The van der Waals surface area contributed by atoms with Crippen molar-refractivity contribution in [3.8, 4) is 11.4 Å². The number of hydrogen-bond donors (Lipinski definition) is 1. The number of benzene rings is 2. The van der Waals surface area contributed by atoms with E-state index in [0.717, 1.165) is 17.0 Å². The molecule has 0 saturated carbocycles. The van der Waals surface area contributed by atoms with Crippen molar-refractivity contribution in [1.29, 1.82) is 0 Å². The van der Waals surface area contributed by atoms with Crippen molar-refractivity contribution >= 4 is 5.95 Å². The average Bonchev–Trinajstić information content (AvgIpc) is 3.03. The van der Waals surface area contributed by atoms with Crippen molar-refractivity contribution in [2.75, 3.05) is 12.4 Å². The van der Waals surface area contributed by atoms with Crippen LogP contribution in [0, 0.1) is 6.92 Å². The lowest BCUT2D eigenvalue weighted by molar-refractivity contribution is 0.407. The number of nitrogens with one attached hydrogen (secondary N) is 1. The Balaban J connectivity index is 1.89. The van der Waals surface area contributed by atoms with E-state index in [4.69, 9.17) is 4.74 Å². The Hall–Kier alpha value is -2.89. The van der Waals surface area contributed by atoms with Crippen molar-refractivity contribution in [3.05, 3.63) is 59.7 Å². The molecule has 23 heavy (non-hydrogen) atoms. The van der Waals surface area contributed by atoms with Crippen molar-refractivity contribution in [2.45, 2.75) is 19.9 Å². The minimum atomic E-state index is -0.00156. The van der Waals surface area contributed by atoms with E-state index in [2.05, 4.69) is 40.8 Å². The fourth-order valence-corrected chi connectivity index (χ4v) is 2.48. The molecule has 0 spiro atoms. The van der Waals surface area contributed by atoms with Gasteiger partial charge in [0.05, 0.1) is 18.8 Å². The van der Waals surface area contributed by atoms with E-state index < -0.39 is 0 Å². The van der Waals surface area contributed by atoms with Gasteiger partial charge >= 0.3 is 0 Å². The predicted molar refractivity (Wildman–Crippen MR) is 88.9 cm³/mol. The summed E-state index contributed by atoms with van der Waals surface area (Å²) in [6, 6.07) is 15.9. The van der Waals surface area contributed by atoms with E-state index in [0.29, 0.717) is 5.95 Å². The van der Waals surface area contributed by atoms with Crippen LogP contribution in [0.2, 0.25) is 0 Å². The van der Waals surface area contributed by atoms with Gasteiger partial charge < -0.3 is 10.1 Å². The summed E-state index contributed by atoms with van der Waals surface area (Å²) in [6.45, 7) is 4.12. The summed E-state index contributed by atoms with van der Waals surface area (Å²) in [5.74, 6) is 1.43. The molecule has 118 valence electrons. The average molecular weight is 309 g/mol. The summed E-state index contributed by atoms with van der Waals surface area (Å²) in [5, 5.41) is 15.3. The molecule has 0 unspecified atom stereocenters. The van der Waals surface area contributed by atoms with Gasteiger partial charge in [-0.1, -0.05) is 41.0 Å². The van der Waals surface area contributed by atoms with Gasteiger partial charge in [-0.15, -0.1) is 0 Å². The molecule has 3 rings (SSSR count). The monoisotopic (exact) mass is 309 g/mol. The molecule has 0 aliphatic heterocycles. The van der Waals surface area contributed by atoms with Gasteiger partial charge in [0.25, 0.3) is 0 Å². The summed E-state index contributed by atoms with van der Waals surface area (Å²) in [7, 11) is 1.68. The van der Waals surface area contributed by atoms with Gasteiger partial charge in [-0.05, 0) is 42.5 Å². The molecule has 2 aromatic carbocycles. The number of methoxy groups -OCH3 is 1. The van der Waals surface area contributed by atoms with Crippen LogP contribution >= 0.6 is 0 Å². The summed E-state index contributed by atoms with van der Waals surface area (Å²) in [6.07, 6.45) is 0. The second-order valence-electron chi connectivity index (χ2n) is 5.36. The van der Waals surface area contributed by atoms with Crippen molar-refractivity contribution < 1.29 is 4.74 Å². The second kappa shape index (κ2) is 6.48. The number of aryl methyl sites for hydroxylation is 1. The molecule has 6 heteroatoms. The lowest BCUT2D eigenvalue weighted by atomic mass is 10.0. The summed E-state index contributed by atoms with van der Waals surface area (Å²) in [5.41, 5.74) is 3.15. The van der Waals surface area contributed by atoms with E-state index in [1.54, 1.807) is 11.8 Å². The van der Waals surface area contributed by atoms with Crippen molar-refractivity contribution in [1.82, 2.24) is 20.2 Å². The number of ether oxygens (including phenoxy) is 1. The minimum absolute atomic E-state index is 0.00156. The first-order valence-electron chi connectivity index (χ1n) is 7.44. The van der Waals surface area contributed by atoms with Crippen LogP contribution < -0.4 is 10.1 Å². The molecular weight excluding hydrogens is 290 g/mol. The molecular formula is C17H19N5O. The topological polar surface area (TPSA) is 64.9 Å². The predicted octanol–water partition coefficient (Wildman–Crippen LogP) is 3.15. The van der Waals surface area contributed by atoms with Crippen LogP contribution in [-0.4, -0.2) is 27.3 Å². The zero-order chi connectivity index (χ0) is 16.2. The number of anilines is 1. The molecule has 1 heterocycles. The van der Waals surface area contributed by atoms with Crippen LogP contribution in [-0.2, 0) is 0 Å². The fourth-order valence-electron chi connectivity index (χ4n) is 2.48. The third kappa shape index (κ3) is 3.15. The lowest BCUT2D eigenvalue weighted by Gasteiger charge is -2.18. The highest BCUT2D eigenvalue weighted by molar-refractivity contribution is 5.44. The van der Waals surface area contributed by atoms with Gasteiger partial charge in [-0.2, -0.15) is 4.68 Å². The molecule has 1 atom stereocenters. The van der Waals surface area contributed by atoms with Crippen LogP contribution in [0.1, 0.15) is 24.1 Å². The Bertz CT molecular complexity index is 785. The molecule has 0 aliphatic rings. The fraction of sp³-hybridized carbons (Fsp3) is 0.235. The maximum absolute atomic E-state index is 5.46. The van der Waals surface area contributed by atoms with Gasteiger partial charge in [0, 0.05) is 5.56 Å². The maximum atomic E-state index is 5.46. The Morgan fingerprint density at radius 3 is 2.65 bits per heavy atom. The van der Waals surface area contributed by atoms with Gasteiger partial charge in [0.15, 0.2) is 0 Å². The van der Waals surface area contributed by atoms with Crippen LogP contribution in [0.15, 0.2) is 48.5 Å². The quantitative estimate of drug-likeness (QED) is 0.784. The standard InChI is InChI=1S/C17H19N5O/c1-12-9-10-16(23-3)15(11-12)13(2)18-17-19-20-21-22(17)14-7-5-4-6-8-14/h4-11,13H,1-3H3,(H,18,19,21)/t13-/m0/s1. The lowest BCUT2D eigenvalue weighted by Crippen LogP contribution is -2.13. The molecule has 0 aliphatic carbocycles. The van der Waals surface area contributed by atoms with E-state index in [9.17, 15) is 0 Å². The molecule has 0 fully saturated rings. The molecule has 6 nitrogen and oxygen atoms in total. The van der Waals surface area contributed by atoms with Gasteiger partial charge in [0.1, 0.15) is 5.75 Å². The van der Waals surface area contributed by atoms with Crippen LogP contribution in [0.3, 0.4) is 0 Å². The normalized spacial score (nSPS) is 12.0. The molecule has 0 saturated heterocycles. The first kappa shape index (κ1) is 15.0. The molecule has 0 amide bonds. The zero-order valence-electron chi connectivity index (χ0n) is 13.4. The smallest absolute Gasteiger partial charge is 0.248 e. The maximum Gasteiger partial charge on any atom is 0.248 e. The molecule has 0 radical (unpaired) electrons. The summed E-state index contributed by atoms with van der Waals surface area (Å²) >= 11 is 0. The SMILES string of the molecule is COc1ccc(C)cc1[C@H](C)Nc1nnnn1-c1ccccc1. The second-order valence-corrected chi connectivity index (χ2v) is 5.36. The highest BCUT2D eigenvalue weighted by Gasteiger charge is 2.15. The first-order valence-corrected chi connectivity index (χ1v) is 7.44. The van der Waals surface area contributed by atoms with E-state index in [-0.39, 0.29) is 6.04 Å². The van der Waals surface area contributed by atoms with E-state index >= 15 is 0 Å². The van der Waals surface area contributed by atoms with Crippen LogP contribution in [0.4, 0.5) is 5.95 Å². The third-order valence-corrected chi connectivity index (χ3v) is 3.67. The largest absolute Gasteiger partial charge is 0.496 e. The number of rotatable bonds is 5. The van der Waals surface area contributed by atoms with Crippen molar-refractivity contribution in [3.63, 3.8) is 0 Å². The number of tetrazole rings is 1. The third-order valence-electron chi connectivity index (χ3n) is 3.67. The summed E-state index contributed by atoms with van der Waals surface area (Å²) in [4.78, 5) is 0.